The van der Waals surface area contributed by atoms with Gasteiger partial charge in [-0.3, -0.25) is 10.1 Å². The van der Waals surface area contributed by atoms with Crippen molar-refractivity contribution < 1.29 is 27.1 Å². The number of carbonyl (C=O) groups is 1. The molecule has 2 aromatic carbocycles. The van der Waals surface area contributed by atoms with E-state index in [0.717, 1.165) is 0 Å². The van der Waals surface area contributed by atoms with Gasteiger partial charge in [0.2, 0.25) is 5.91 Å². The molecule has 0 radical (unpaired) electrons. The number of amides is 1. The number of nitrogens with two attached hydrogens (primary N) is 1. The lowest BCUT2D eigenvalue weighted by molar-refractivity contribution is -0.161. The Kier molecular flexibility index (Phi) is 7.16. The summed E-state index contributed by atoms with van der Waals surface area (Å²) < 4.78 is 54.1. The number of ether oxygens (including phenoxy) is 1. The summed E-state index contributed by atoms with van der Waals surface area (Å²) in [7, 11) is 0. The van der Waals surface area contributed by atoms with Crippen LogP contribution in [0.4, 0.5) is 13.2 Å². The molecule has 1 heterocycles. The average molecular weight is 503 g/mol. The predicted octanol–water partition coefficient (Wildman–Crippen LogP) is 4.70. The van der Waals surface area contributed by atoms with Crippen LogP contribution in [0.15, 0.2) is 40.8 Å². The number of nitriles is 1. The Morgan fingerprint density at radius 1 is 1.19 bits per heavy atom. The van der Waals surface area contributed by atoms with Crippen LogP contribution in [-0.2, 0) is 4.79 Å². The summed E-state index contributed by atoms with van der Waals surface area (Å²) in [4.78, 5) is 12.9. The van der Waals surface area contributed by atoms with Gasteiger partial charge in [-0.15, -0.1) is 0 Å². The van der Waals surface area contributed by atoms with Gasteiger partial charge in [0.25, 0.3) is 0 Å². The molecule has 7 nitrogen and oxygen atoms in total. The van der Waals surface area contributed by atoms with Gasteiger partial charge in [-0.05, 0) is 55.0 Å². The molecule has 10 heteroatoms. The third kappa shape index (κ3) is 5.58. The van der Waals surface area contributed by atoms with Crippen LogP contribution in [-0.4, -0.2) is 36.8 Å². The molecule has 0 aliphatic heterocycles. The smallest absolute Gasteiger partial charge is 0.407 e. The first-order chi connectivity index (χ1) is 17.0. The number of halogens is 3. The van der Waals surface area contributed by atoms with Crippen LogP contribution < -0.4 is 21.1 Å². The first kappa shape index (κ1) is 25.8. The Morgan fingerprint density at radius 2 is 1.94 bits per heavy atom. The number of benzene rings is 2. The highest BCUT2D eigenvalue weighted by atomic mass is 19.4. The van der Waals surface area contributed by atoms with E-state index in [-0.39, 0.29) is 17.9 Å². The minimum Gasteiger partial charge on any atom is -0.492 e. The number of fused-ring (bicyclic) bond motifs is 3. The number of hydrogen-bond donors (Lipinski definition) is 3. The van der Waals surface area contributed by atoms with E-state index in [1.165, 1.54) is 12.1 Å². The van der Waals surface area contributed by atoms with E-state index in [0.29, 0.717) is 53.7 Å². The Hall–Kier alpha value is -3.29. The highest BCUT2D eigenvalue weighted by Crippen LogP contribution is 2.38. The summed E-state index contributed by atoms with van der Waals surface area (Å²) in [6, 6.07) is 8.31. The summed E-state index contributed by atoms with van der Waals surface area (Å²) in [6.45, 7) is 4.35. The van der Waals surface area contributed by atoms with Gasteiger partial charge in [0, 0.05) is 17.3 Å². The molecule has 1 fully saturated rings. The quantitative estimate of drug-likeness (QED) is 0.370. The zero-order valence-electron chi connectivity index (χ0n) is 20.1. The van der Waals surface area contributed by atoms with Crippen LogP contribution in [0.1, 0.15) is 44.7 Å². The molecular formula is C26H29F3N4O3. The van der Waals surface area contributed by atoms with Crippen LogP contribution >= 0.6 is 0 Å². The number of hydrogen-bond acceptors (Lipinski definition) is 6. The minimum atomic E-state index is -4.68. The highest BCUT2D eigenvalue weighted by Gasteiger charge is 2.47. The number of rotatable bonds is 10. The topological polar surface area (TPSA) is 113 Å². The van der Waals surface area contributed by atoms with Crippen molar-refractivity contribution >= 4 is 27.8 Å². The third-order valence-corrected chi connectivity index (χ3v) is 6.23. The van der Waals surface area contributed by atoms with E-state index in [1.54, 1.807) is 24.3 Å². The van der Waals surface area contributed by atoms with Crippen molar-refractivity contribution in [2.45, 2.75) is 56.9 Å². The van der Waals surface area contributed by atoms with Gasteiger partial charge < -0.3 is 20.2 Å². The first-order valence-electron chi connectivity index (χ1n) is 11.9. The predicted molar refractivity (Wildman–Crippen MR) is 129 cm³/mol. The van der Waals surface area contributed by atoms with Crippen LogP contribution in [0.3, 0.4) is 0 Å². The second kappa shape index (κ2) is 9.99. The summed E-state index contributed by atoms with van der Waals surface area (Å²) >= 11 is 0. The van der Waals surface area contributed by atoms with Gasteiger partial charge in [0.05, 0.1) is 12.1 Å². The Morgan fingerprint density at radius 3 is 2.56 bits per heavy atom. The molecule has 4 rings (SSSR count). The largest absolute Gasteiger partial charge is 0.492 e. The van der Waals surface area contributed by atoms with Crippen molar-refractivity contribution in [3.63, 3.8) is 0 Å². The fourth-order valence-electron chi connectivity index (χ4n) is 4.23. The standard InChI is InChI=1S/C26H29F3N4O3/c1-15(2)11-20(24(34)33-25(14-31)7-8-25)32-23(26(27,28)29)16-3-5-18-19-13-17(35-10-9-30)4-6-21(19)36-22(18)12-16/h3-6,12-13,15,20,23,32H,7-11,30H2,1-2H3,(H,33,34)/t20-,23-/m0/s1. The molecule has 0 unspecified atom stereocenters. The summed E-state index contributed by atoms with van der Waals surface area (Å²) in [5, 5.41) is 15.8. The SMILES string of the molecule is CC(C)C[C@H](N[C@@H](c1ccc2c(c1)oc1ccc(OCCN)cc12)C(F)(F)F)C(=O)NC1(C#N)CC1. The van der Waals surface area contributed by atoms with E-state index in [9.17, 15) is 23.2 Å². The van der Waals surface area contributed by atoms with Crippen LogP contribution in [0.5, 0.6) is 5.75 Å². The summed E-state index contributed by atoms with van der Waals surface area (Å²) in [5.41, 5.74) is 5.24. The molecule has 192 valence electrons. The number of nitrogens with one attached hydrogen (secondary N) is 2. The molecule has 36 heavy (non-hydrogen) atoms. The molecule has 1 aliphatic carbocycles. The van der Waals surface area contributed by atoms with Crippen molar-refractivity contribution in [2.75, 3.05) is 13.2 Å². The van der Waals surface area contributed by atoms with Gasteiger partial charge in [-0.25, -0.2) is 0 Å². The monoisotopic (exact) mass is 502 g/mol. The Labute approximate surface area is 206 Å². The van der Waals surface area contributed by atoms with E-state index in [4.69, 9.17) is 14.9 Å². The molecular weight excluding hydrogens is 473 g/mol. The maximum absolute atomic E-state index is 14.3. The second-order valence-electron chi connectivity index (χ2n) is 9.66. The summed E-state index contributed by atoms with van der Waals surface area (Å²) in [6.07, 6.45) is -3.51. The van der Waals surface area contributed by atoms with E-state index in [1.807, 2.05) is 19.9 Å². The lowest BCUT2D eigenvalue weighted by atomic mass is 9.98. The van der Waals surface area contributed by atoms with E-state index >= 15 is 0 Å². The lowest BCUT2D eigenvalue weighted by Gasteiger charge is -2.29. The van der Waals surface area contributed by atoms with Crippen LogP contribution in [0.25, 0.3) is 21.9 Å². The van der Waals surface area contributed by atoms with Crippen molar-refractivity contribution in [1.82, 2.24) is 10.6 Å². The summed E-state index contributed by atoms with van der Waals surface area (Å²) in [5.74, 6) is -0.0670. The molecule has 0 saturated heterocycles. The third-order valence-electron chi connectivity index (χ3n) is 6.23. The van der Waals surface area contributed by atoms with Gasteiger partial charge in [-0.2, -0.15) is 18.4 Å². The Bertz CT molecular complexity index is 1290. The maximum atomic E-state index is 14.3. The highest BCUT2D eigenvalue weighted by molar-refractivity contribution is 6.05. The van der Waals surface area contributed by atoms with Crippen molar-refractivity contribution in [3.05, 3.63) is 42.0 Å². The number of nitrogens with zero attached hydrogens (tertiary/aromatic N) is 1. The van der Waals surface area contributed by atoms with E-state index < -0.39 is 29.7 Å². The first-order valence-corrected chi connectivity index (χ1v) is 11.9. The van der Waals surface area contributed by atoms with Crippen molar-refractivity contribution in [1.29, 1.82) is 5.26 Å². The normalized spacial score (nSPS) is 16.6. The lowest BCUT2D eigenvalue weighted by Crippen LogP contribution is -2.52. The number of furan rings is 1. The van der Waals surface area contributed by atoms with Gasteiger partial charge in [-0.1, -0.05) is 26.0 Å². The number of carbonyl (C=O) groups excluding carboxylic acids is 1. The molecule has 0 bridgehead atoms. The van der Waals surface area contributed by atoms with E-state index in [2.05, 4.69) is 10.6 Å². The maximum Gasteiger partial charge on any atom is 0.407 e. The number of alkyl halides is 3. The van der Waals surface area contributed by atoms with Gasteiger partial charge in [0.1, 0.15) is 35.1 Å². The van der Waals surface area contributed by atoms with Crippen LogP contribution in [0.2, 0.25) is 0 Å². The molecule has 0 spiro atoms. The molecule has 4 N–H and O–H groups in total. The fraction of sp³-hybridized carbons (Fsp3) is 0.462. The minimum absolute atomic E-state index is 0.0482. The molecule has 1 aromatic heterocycles. The van der Waals surface area contributed by atoms with Gasteiger partial charge >= 0.3 is 6.18 Å². The Balaban J connectivity index is 1.65. The van der Waals surface area contributed by atoms with Gasteiger partial charge in [0.15, 0.2) is 0 Å². The average Bonchev–Trinajstić information content (AvgIpc) is 3.50. The zero-order valence-corrected chi connectivity index (χ0v) is 20.1. The molecule has 3 aromatic rings. The molecule has 2 atom stereocenters. The van der Waals surface area contributed by atoms with Crippen LogP contribution in [0, 0.1) is 17.2 Å². The molecule has 1 aliphatic rings. The molecule has 1 amide bonds. The second-order valence-corrected chi connectivity index (χ2v) is 9.66. The zero-order chi connectivity index (χ0) is 26.1. The van der Waals surface area contributed by atoms with Crippen molar-refractivity contribution in [2.24, 2.45) is 11.7 Å². The van der Waals surface area contributed by atoms with Crippen molar-refractivity contribution in [3.8, 4) is 11.8 Å². The molecule has 1 saturated carbocycles. The fourth-order valence-corrected chi connectivity index (χ4v) is 4.23.